The Bertz CT molecular complexity index is 2700. The molecule has 6 atom stereocenters. The van der Waals surface area contributed by atoms with E-state index >= 15 is 0 Å². The van der Waals surface area contributed by atoms with Gasteiger partial charge in [-0.25, -0.2) is 5.43 Å². The lowest BCUT2D eigenvalue weighted by atomic mass is 9.84. The first-order valence-corrected chi connectivity index (χ1v) is 23.5. The van der Waals surface area contributed by atoms with E-state index in [1.54, 1.807) is 38.7 Å². The van der Waals surface area contributed by atoms with Gasteiger partial charge in [-0.15, -0.1) is 0 Å². The molecule has 8 rings (SSSR count). The number of nitrogens with zero attached hydrogens (tertiary/aromatic N) is 5. The van der Waals surface area contributed by atoms with Crippen molar-refractivity contribution in [1.82, 2.24) is 35.2 Å². The summed E-state index contributed by atoms with van der Waals surface area (Å²) in [4.78, 5) is 68.2. The fourth-order valence-corrected chi connectivity index (χ4v) is 10.4. The van der Waals surface area contributed by atoms with Gasteiger partial charge in [-0.2, -0.15) is 0 Å². The maximum Gasteiger partial charge on any atom is 0.324 e. The molecule has 2 aromatic carbocycles. The Hall–Kier alpha value is -6.16. The number of rotatable bonds is 9. The number of esters is 1. The molecule has 15 nitrogen and oxygen atoms in total. The fraction of sp³-hybridized carbons (Fsp3) is 0.462. The highest BCUT2D eigenvalue weighted by Gasteiger charge is 2.42. The molecule has 6 bridgehead atoms. The van der Waals surface area contributed by atoms with E-state index in [-0.39, 0.29) is 43.3 Å². The van der Waals surface area contributed by atoms with Crippen LogP contribution < -0.4 is 16.5 Å². The number of pyridine rings is 2. The van der Waals surface area contributed by atoms with Gasteiger partial charge in [-0.05, 0) is 116 Å². The van der Waals surface area contributed by atoms with Crippen LogP contribution in [-0.4, -0.2) is 98.7 Å². The molecule has 1 aliphatic carbocycles. The zero-order valence-electron chi connectivity index (χ0n) is 39.8. The average Bonchev–Trinajstić information content (AvgIpc) is 3.81. The molecular formula is C52H64N8O7. The molecule has 3 amide bonds. The summed E-state index contributed by atoms with van der Waals surface area (Å²) in [5, 5.41) is 16.8. The number of nitrogens with one attached hydrogen (secondary N) is 2. The molecule has 3 aromatic heterocycles. The van der Waals surface area contributed by atoms with Crippen molar-refractivity contribution < 1.29 is 33.8 Å². The van der Waals surface area contributed by atoms with Crippen LogP contribution in [0.2, 0.25) is 0 Å². The maximum absolute atomic E-state index is 14.8. The van der Waals surface area contributed by atoms with Gasteiger partial charge in [0.1, 0.15) is 23.9 Å². The van der Waals surface area contributed by atoms with E-state index in [1.807, 2.05) is 51.1 Å². The summed E-state index contributed by atoms with van der Waals surface area (Å²) in [6, 6.07) is 15.7. The number of nitrogens with two attached hydrogens (primary N) is 1. The number of ether oxygens (including phenoxy) is 2. The lowest BCUT2D eigenvalue weighted by molar-refractivity contribution is -0.155. The van der Waals surface area contributed by atoms with Crippen LogP contribution >= 0.6 is 0 Å². The summed E-state index contributed by atoms with van der Waals surface area (Å²) >= 11 is 0. The summed E-state index contributed by atoms with van der Waals surface area (Å²) in [5.41, 5.74) is 17.7. The number of phenolic OH excluding ortho intramolecular Hbond substituents is 1. The third-order valence-electron chi connectivity index (χ3n) is 13.8. The Morgan fingerprint density at radius 1 is 1.04 bits per heavy atom. The zero-order chi connectivity index (χ0) is 47.9. The van der Waals surface area contributed by atoms with E-state index < -0.39 is 53.3 Å². The zero-order valence-corrected chi connectivity index (χ0v) is 39.8. The molecule has 67 heavy (non-hydrogen) atoms. The van der Waals surface area contributed by atoms with E-state index in [2.05, 4.69) is 59.3 Å². The number of hydrogen-bond acceptors (Lipinski definition) is 11. The second-order valence-electron chi connectivity index (χ2n) is 19.6. The predicted molar refractivity (Wildman–Crippen MR) is 255 cm³/mol. The monoisotopic (exact) mass is 912 g/mol. The van der Waals surface area contributed by atoms with Crippen molar-refractivity contribution in [2.45, 2.75) is 110 Å². The minimum absolute atomic E-state index is 0.00423. The smallest absolute Gasteiger partial charge is 0.324 e. The number of phenols is 1. The quantitative estimate of drug-likeness (QED) is 0.123. The third kappa shape index (κ3) is 9.41. The van der Waals surface area contributed by atoms with E-state index in [9.17, 15) is 24.3 Å². The standard InChI is InChI=1S/C52H64N8O7/c1-9-59-42-17-16-32-25-37(42)39(47(59)36-14-11-19-54-44(36)30(4)66-8)27-52(5,6)28-67-51(65)40-15-12-20-60(57-40)50(64)41(23-31-21-34(32)24-35(61)22-31)56-48(62)46(29(2)3)58(7)49(63)38-26-33-13-10-18-55-45(33)43(38)53/h10-11,13-14,16-19,21-22,24-25,29-30,38,40-41,43,46,57,61H,9,12,15,20,23,26-28,53H2,1-8H3,(H,56,62)/t30-,38-,40-,41-,43-,46-/m0/s1. The molecule has 1 saturated heterocycles. The molecule has 5 heterocycles. The van der Waals surface area contributed by atoms with E-state index in [0.717, 1.165) is 50.1 Å². The number of carbonyl (C=O) groups is 4. The minimum atomic E-state index is -1.16. The van der Waals surface area contributed by atoms with Gasteiger partial charge < -0.3 is 35.1 Å². The predicted octanol–water partition coefficient (Wildman–Crippen LogP) is 6.20. The van der Waals surface area contributed by atoms with Crippen LogP contribution in [0, 0.1) is 17.3 Å². The van der Waals surface area contributed by atoms with Crippen molar-refractivity contribution in [2.75, 3.05) is 27.3 Å². The molecule has 3 aliphatic rings. The number of methoxy groups -OCH3 is 1. The molecule has 2 aliphatic heterocycles. The van der Waals surface area contributed by atoms with Crippen molar-refractivity contribution in [1.29, 1.82) is 0 Å². The first kappa shape index (κ1) is 47.3. The van der Waals surface area contributed by atoms with Gasteiger partial charge in [0, 0.05) is 67.9 Å². The van der Waals surface area contributed by atoms with Crippen molar-refractivity contribution in [2.24, 2.45) is 23.0 Å². The Kier molecular flexibility index (Phi) is 13.6. The Labute approximate surface area is 392 Å². The van der Waals surface area contributed by atoms with Crippen molar-refractivity contribution in [3.8, 4) is 28.1 Å². The van der Waals surface area contributed by atoms with Crippen LogP contribution in [0.25, 0.3) is 33.3 Å². The highest BCUT2D eigenvalue weighted by atomic mass is 16.5. The van der Waals surface area contributed by atoms with E-state index in [4.69, 9.17) is 20.2 Å². The third-order valence-corrected chi connectivity index (χ3v) is 13.8. The van der Waals surface area contributed by atoms with Gasteiger partial charge in [0.25, 0.3) is 5.91 Å². The SMILES string of the molecule is CCn1c(-c2cccnc2[C@H](C)OC)c2c3cc(ccc31)-c1cc(O)cc(c1)C[C@H](NC(=O)[C@H](C(C)C)N(C)C(=O)[C@H]1Cc3cccnc3[C@H]1N)C(=O)N1CCC[C@H](N1)C(=O)OCC(C)(C)C2. The average molecular weight is 913 g/mol. The second kappa shape index (κ2) is 19.2. The molecule has 5 N–H and O–H groups in total. The number of amides is 3. The van der Waals surface area contributed by atoms with Gasteiger partial charge in [0.15, 0.2) is 0 Å². The number of aromatic nitrogens is 3. The fourth-order valence-electron chi connectivity index (χ4n) is 10.4. The first-order chi connectivity index (χ1) is 32.0. The summed E-state index contributed by atoms with van der Waals surface area (Å²) in [6.07, 6.45) is 5.05. The second-order valence-corrected chi connectivity index (χ2v) is 19.6. The molecule has 354 valence electrons. The summed E-state index contributed by atoms with van der Waals surface area (Å²) in [5.74, 6) is -2.71. The molecule has 0 radical (unpaired) electrons. The summed E-state index contributed by atoms with van der Waals surface area (Å²) in [6.45, 7) is 13.0. The van der Waals surface area contributed by atoms with Crippen molar-refractivity contribution >= 4 is 34.6 Å². The normalized spacial score (nSPS) is 21.6. The van der Waals surface area contributed by atoms with Gasteiger partial charge in [0.2, 0.25) is 11.8 Å². The number of cyclic esters (lactones) is 1. The van der Waals surface area contributed by atoms with Crippen LogP contribution in [0.3, 0.4) is 0 Å². The Morgan fingerprint density at radius 2 is 1.81 bits per heavy atom. The molecular weight excluding hydrogens is 849 g/mol. The lowest BCUT2D eigenvalue weighted by Gasteiger charge is -2.37. The van der Waals surface area contributed by atoms with Crippen molar-refractivity contribution in [3.05, 3.63) is 101 Å². The maximum atomic E-state index is 14.8. The number of aryl methyl sites for hydroxylation is 1. The number of fused-ring (bicyclic) bond motifs is 7. The van der Waals surface area contributed by atoms with Crippen LogP contribution in [-0.2, 0) is 54.5 Å². The van der Waals surface area contributed by atoms with Gasteiger partial charge in [-0.1, -0.05) is 45.9 Å². The highest BCUT2D eigenvalue weighted by molar-refractivity contribution is 5.96. The topological polar surface area (TPSA) is 194 Å². The summed E-state index contributed by atoms with van der Waals surface area (Å²) < 4.78 is 14.2. The molecule has 15 heteroatoms. The highest BCUT2D eigenvalue weighted by Crippen LogP contribution is 2.42. The Morgan fingerprint density at radius 3 is 2.54 bits per heavy atom. The molecule has 0 spiro atoms. The van der Waals surface area contributed by atoms with Gasteiger partial charge in [0.05, 0.1) is 41.8 Å². The Balaban J connectivity index is 1.20. The van der Waals surface area contributed by atoms with Gasteiger partial charge >= 0.3 is 5.97 Å². The lowest BCUT2D eigenvalue weighted by Crippen LogP contribution is -2.62. The van der Waals surface area contributed by atoms with Crippen LogP contribution in [0.5, 0.6) is 5.75 Å². The molecule has 1 fully saturated rings. The largest absolute Gasteiger partial charge is 0.508 e. The number of aromatic hydroxyl groups is 1. The van der Waals surface area contributed by atoms with Crippen LogP contribution in [0.15, 0.2) is 73.1 Å². The number of likely N-dealkylation sites (N-methyl/N-ethyl adjacent to an activating group) is 1. The van der Waals surface area contributed by atoms with E-state index in [1.165, 1.54) is 9.91 Å². The number of hydrogen-bond donors (Lipinski definition) is 4. The molecule has 5 aromatic rings. The number of carbonyl (C=O) groups excluding carboxylic acids is 4. The first-order valence-electron chi connectivity index (χ1n) is 23.5. The van der Waals surface area contributed by atoms with Crippen LogP contribution in [0.1, 0.15) is 94.6 Å². The van der Waals surface area contributed by atoms with Crippen molar-refractivity contribution in [3.63, 3.8) is 0 Å². The van der Waals surface area contributed by atoms with Crippen LogP contribution in [0.4, 0.5) is 0 Å². The number of benzene rings is 2. The summed E-state index contributed by atoms with van der Waals surface area (Å²) in [7, 11) is 3.27. The van der Waals surface area contributed by atoms with E-state index in [0.29, 0.717) is 43.5 Å². The van der Waals surface area contributed by atoms with Gasteiger partial charge in [-0.3, -0.25) is 34.2 Å². The molecule has 0 saturated carbocycles. The minimum Gasteiger partial charge on any atom is -0.508 e. The number of hydrazine groups is 1. The molecule has 0 unspecified atom stereocenters.